The summed E-state index contributed by atoms with van der Waals surface area (Å²) in [5, 5.41) is 9.94. The largest absolute Gasteiger partial charge is 0.467 e. The molecule has 3 nitrogen and oxygen atoms in total. The Balaban J connectivity index is 2.46. The number of ether oxygens (including phenoxy) is 1. The Morgan fingerprint density at radius 3 is 2.42 bits per heavy atom. The van der Waals surface area contributed by atoms with Crippen molar-refractivity contribution in [2.45, 2.75) is 6.10 Å². The zero-order valence-corrected chi connectivity index (χ0v) is 10.3. The van der Waals surface area contributed by atoms with E-state index in [0.29, 0.717) is 11.1 Å². The maximum absolute atomic E-state index is 12.9. The number of rotatable bonds is 3. The zero-order valence-electron chi connectivity index (χ0n) is 10.3. The molecule has 2 aromatic carbocycles. The number of methoxy groups -OCH3 is 1. The summed E-state index contributed by atoms with van der Waals surface area (Å²) < 4.78 is 17.4. The molecule has 0 aliphatic heterocycles. The summed E-state index contributed by atoms with van der Waals surface area (Å²) >= 11 is 0. The highest BCUT2D eigenvalue weighted by Crippen LogP contribution is 2.28. The molecule has 0 aliphatic carbocycles. The first-order valence-corrected chi connectivity index (χ1v) is 5.74. The molecule has 0 heterocycles. The van der Waals surface area contributed by atoms with Crippen LogP contribution in [0.15, 0.2) is 48.5 Å². The molecule has 0 radical (unpaired) electrons. The summed E-state index contributed by atoms with van der Waals surface area (Å²) in [6, 6.07) is 12.7. The lowest BCUT2D eigenvalue weighted by Gasteiger charge is -2.13. The van der Waals surface area contributed by atoms with E-state index in [1.165, 1.54) is 19.2 Å². The third-order valence-corrected chi connectivity index (χ3v) is 2.84. The van der Waals surface area contributed by atoms with Gasteiger partial charge in [0.2, 0.25) is 0 Å². The molecule has 1 N–H and O–H groups in total. The van der Waals surface area contributed by atoms with Crippen molar-refractivity contribution in [1.29, 1.82) is 0 Å². The van der Waals surface area contributed by atoms with E-state index in [2.05, 4.69) is 4.74 Å². The number of hydrogen-bond donors (Lipinski definition) is 1. The fourth-order valence-electron chi connectivity index (χ4n) is 1.87. The van der Waals surface area contributed by atoms with Crippen LogP contribution in [0.2, 0.25) is 0 Å². The summed E-state index contributed by atoms with van der Waals surface area (Å²) in [7, 11) is 1.21. The van der Waals surface area contributed by atoms with Crippen LogP contribution in [0.25, 0.3) is 11.1 Å². The lowest BCUT2D eigenvalue weighted by Crippen LogP contribution is -2.14. The highest BCUT2D eigenvalue weighted by atomic mass is 19.1. The average Bonchev–Trinajstić information content (AvgIpc) is 2.46. The number of hydrogen-bond acceptors (Lipinski definition) is 3. The predicted molar refractivity (Wildman–Crippen MR) is 68.8 cm³/mol. The number of carbonyl (C=O) groups excluding carboxylic acids is 1. The summed E-state index contributed by atoms with van der Waals surface area (Å²) in [6.45, 7) is 0. The smallest absolute Gasteiger partial charge is 0.339 e. The van der Waals surface area contributed by atoms with Gasteiger partial charge in [0, 0.05) is 0 Å². The van der Waals surface area contributed by atoms with E-state index in [0.717, 1.165) is 5.56 Å². The minimum atomic E-state index is -1.36. The van der Waals surface area contributed by atoms with Gasteiger partial charge in [0.05, 0.1) is 7.11 Å². The second kappa shape index (κ2) is 5.63. The minimum Gasteiger partial charge on any atom is -0.467 e. The minimum absolute atomic E-state index is 0.338. The molecule has 1 atom stereocenters. The van der Waals surface area contributed by atoms with Crippen molar-refractivity contribution >= 4 is 5.97 Å². The Morgan fingerprint density at radius 1 is 1.16 bits per heavy atom. The number of esters is 1. The predicted octanol–water partition coefficient (Wildman–Crippen LogP) is 2.70. The van der Waals surface area contributed by atoms with Gasteiger partial charge in [0.1, 0.15) is 5.82 Å². The lowest BCUT2D eigenvalue weighted by molar-refractivity contribution is -0.150. The maximum Gasteiger partial charge on any atom is 0.339 e. The van der Waals surface area contributed by atoms with Gasteiger partial charge in [0.15, 0.2) is 6.10 Å². The first-order chi connectivity index (χ1) is 9.13. The van der Waals surface area contributed by atoms with Crippen molar-refractivity contribution in [1.82, 2.24) is 0 Å². The van der Waals surface area contributed by atoms with Crippen LogP contribution in [0.4, 0.5) is 4.39 Å². The van der Waals surface area contributed by atoms with Gasteiger partial charge in [-0.1, -0.05) is 36.4 Å². The first kappa shape index (κ1) is 13.2. The Hall–Kier alpha value is -2.20. The summed E-state index contributed by atoms with van der Waals surface area (Å²) in [5.74, 6) is -1.07. The normalized spacial score (nSPS) is 11.9. The quantitative estimate of drug-likeness (QED) is 0.863. The molecule has 19 heavy (non-hydrogen) atoms. The van der Waals surface area contributed by atoms with Gasteiger partial charge in [-0.3, -0.25) is 0 Å². The molecular formula is C15H13FO3. The number of benzene rings is 2. The van der Waals surface area contributed by atoms with E-state index in [4.69, 9.17) is 0 Å². The number of carbonyl (C=O) groups is 1. The molecule has 0 saturated heterocycles. The van der Waals surface area contributed by atoms with Gasteiger partial charge in [-0.2, -0.15) is 0 Å². The zero-order chi connectivity index (χ0) is 13.8. The molecule has 0 spiro atoms. The van der Waals surface area contributed by atoms with Crippen molar-refractivity contribution in [2.75, 3.05) is 7.11 Å². The molecule has 1 unspecified atom stereocenters. The number of aliphatic hydroxyl groups is 1. The highest BCUT2D eigenvalue weighted by Gasteiger charge is 2.21. The molecule has 0 saturated carbocycles. The molecule has 0 amide bonds. The Morgan fingerprint density at radius 2 is 1.79 bits per heavy atom. The topological polar surface area (TPSA) is 46.5 Å². The van der Waals surface area contributed by atoms with E-state index in [9.17, 15) is 14.3 Å². The Labute approximate surface area is 110 Å². The van der Waals surface area contributed by atoms with Crippen LogP contribution >= 0.6 is 0 Å². The van der Waals surface area contributed by atoms with Crippen LogP contribution in [-0.4, -0.2) is 18.2 Å². The van der Waals surface area contributed by atoms with Gasteiger partial charge >= 0.3 is 5.97 Å². The number of halogens is 1. The second-order valence-corrected chi connectivity index (χ2v) is 4.02. The third-order valence-electron chi connectivity index (χ3n) is 2.84. The summed E-state index contributed by atoms with van der Waals surface area (Å²) in [5.41, 5.74) is 1.82. The van der Waals surface area contributed by atoms with Crippen LogP contribution < -0.4 is 0 Å². The maximum atomic E-state index is 12.9. The molecule has 0 fully saturated rings. The van der Waals surface area contributed by atoms with Crippen molar-refractivity contribution in [2.24, 2.45) is 0 Å². The SMILES string of the molecule is COC(=O)C(O)c1ccccc1-c1ccc(F)cc1. The Kier molecular flexibility index (Phi) is 3.92. The van der Waals surface area contributed by atoms with E-state index in [1.807, 2.05) is 0 Å². The van der Waals surface area contributed by atoms with Gasteiger partial charge in [-0.25, -0.2) is 9.18 Å². The fraction of sp³-hybridized carbons (Fsp3) is 0.133. The fourth-order valence-corrected chi connectivity index (χ4v) is 1.87. The van der Waals surface area contributed by atoms with Gasteiger partial charge in [-0.05, 0) is 28.8 Å². The molecule has 4 heteroatoms. The van der Waals surface area contributed by atoms with E-state index in [-0.39, 0.29) is 5.82 Å². The number of aliphatic hydroxyl groups excluding tert-OH is 1. The monoisotopic (exact) mass is 260 g/mol. The molecule has 2 aromatic rings. The van der Waals surface area contributed by atoms with E-state index >= 15 is 0 Å². The molecule has 0 aliphatic rings. The van der Waals surface area contributed by atoms with Crippen molar-refractivity contribution < 1.29 is 19.0 Å². The van der Waals surface area contributed by atoms with Gasteiger partial charge in [0.25, 0.3) is 0 Å². The third kappa shape index (κ3) is 2.80. The van der Waals surface area contributed by atoms with Gasteiger partial charge < -0.3 is 9.84 Å². The van der Waals surface area contributed by atoms with E-state index < -0.39 is 12.1 Å². The van der Waals surface area contributed by atoms with Crippen LogP contribution in [0.5, 0.6) is 0 Å². The molecule has 0 aromatic heterocycles. The first-order valence-electron chi connectivity index (χ1n) is 5.74. The van der Waals surface area contributed by atoms with Crippen molar-refractivity contribution in [3.8, 4) is 11.1 Å². The van der Waals surface area contributed by atoms with Crippen molar-refractivity contribution in [3.63, 3.8) is 0 Å². The van der Waals surface area contributed by atoms with Crippen LogP contribution in [0, 0.1) is 5.82 Å². The summed E-state index contributed by atoms with van der Waals surface area (Å²) in [6.07, 6.45) is -1.36. The summed E-state index contributed by atoms with van der Waals surface area (Å²) in [4.78, 5) is 11.4. The van der Waals surface area contributed by atoms with Gasteiger partial charge in [-0.15, -0.1) is 0 Å². The highest BCUT2D eigenvalue weighted by molar-refractivity contribution is 5.80. The van der Waals surface area contributed by atoms with E-state index in [1.54, 1.807) is 36.4 Å². The lowest BCUT2D eigenvalue weighted by atomic mass is 9.96. The standard InChI is InChI=1S/C15H13FO3/c1-19-15(18)14(17)13-5-3-2-4-12(13)10-6-8-11(16)9-7-10/h2-9,14,17H,1H3. The average molecular weight is 260 g/mol. The van der Waals surface area contributed by atoms with Crippen molar-refractivity contribution in [3.05, 3.63) is 59.9 Å². The van der Waals surface area contributed by atoms with Crippen LogP contribution in [0.3, 0.4) is 0 Å². The van der Waals surface area contributed by atoms with Crippen LogP contribution in [0.1, 0.15) is 11.7 Å². The molecule has 2 rings (SSSR count). The Bertz CT molecular complexity index is 578. The molecular weight excluding hydrogens is 247 g/mol. The molecule has 98 valence electrons. The second-order valence-electron chi connectivity index (χ2n) is 4.02. The molecule has 0 bridgehead atoms. The van der Waals surface area contributed by atoms with Crippen LogP contribution in [-0.2, 0) is 9.53 Å².